The highest BCUT2D eigenvalue weighted by atomic mass is 16.5. The zero-order valence-corrected chi connectivity index (χ0v) is 11.7. The number of nitrogens with zero attached hydrogens (tertiary/aromatic N) is 2. The van der Waals surface area contributed by atoms with Crippen molar-refractivity contribution >= 4 is 17.3 Å². The van der Waals surface area contributed by atoms with Crippen molar-refractivity contribution in [2.75, 3.05) is 30.4 Å². The largest absolute Gasteiger partial charge is 0.495 e. The molecule has 0 unspecified atom stereocenters. The third kappa shape index (κ3) is 3.41. The zero-order chi connectivity index (χ0) is 14.4. The second-order valence-corrected chi connectivity index (χ2v) is 4.82. The molecule has 0 radical (unpaired) electrons. The number of benzene rings is 1. The van der Waals surface area contributed by atoms with Crippen molar-refractivity contribution in [3.05, 3.63) is 18.2 Å². The van der Waals surface area contributed by atoms with Crippen molar-refractivity contribution in [3.8, 4) is 11.8 Å². The summed E-state index contributed by atoms with van der Waals surface area (Å²) in [4.78, 5) is 13.7. The van der Waals surface area contributed by atoms with Gasteiger partial charge in [-0.2, -0.15) is 5.26 Å². The summed E-state index contributed by atoms with van der Waals surface area (Å²) < 4.78 is 5.42. The lowest BCUT2D eigenvalue weighted by atomic mass is 10.1. The smallest absolute Gasteiger partial charge is 0.238 e. The number of methoxy groups -OCH3 is 1. The fourth-order valence-electron chi connectivity index (χ4n) is 2.43. The summed E-state index contributed by atoms with van der Waals surface area (Å²) in [7, 11) is 1.63. The lowest BCUT2D eigenvalue weighted by Crippen LogP contribution is -2.29. The van der Waals surface area contributed by atoms with Gasteiger partial charge in [-0.1, -0.05) is 0 Å². The molecule has 0 aliphatic carbocycles. The number of anilines is 2. The maximum Gasteiger partial charge on any atom is 0.238 e. The van der Waals surface area contributed by atoms with Crippen LogP contribution >= 0.6 is 0 Å². The Kier molecular flexibility index (Phi) is 4.83. The molecule has 0 bridgehead atoms. The van der Waals surface area contributed by atoms with Gasteiger partial charge in [0.2, 0.25) is 5.91 Å². The van der Waals surface area contributed by atoms with E-state index < -0.39 is 0 Å². The van der Waals surface area contributed by atoms with E-state index in [2.05, 4.69) is 10.2 Å². The first-order chi connectivity index (χ1) is 9.74. The zero-order valence-electron chi connectivity index (χ0n) is 11.7. The van der Waals surface area contributed by atoms with Gasteiger partial charge in [0, 0.05) is 24.8 Å². The molecule has 5 heteroatoms. The first-order valence-electron chi connectivity index (χ1n) is 6.84. The summed E-state index contributed by atoms with van der Waals surface area (Å²) in [5, 5.41) is 11.2. The van der Waals surface area contributed by atoms with Gasteiger partial charge in [-0.25, -0.2) is 0 Å². The minimum atomic E-state index is -0.305. The molecular weight excluding hydrogens is 254 g/mol. The highest BCUT2D eigenvalue weighted by Crippen LogP contribution is 2.32. The summed E-state index contributed by atoms with van der Waals surface area (Å²) in [6, 6.07) is 7.45. The van der Waals surface area contributed by atoms with E-state index in [1.54, 1.807) is 13.2 Å². The van der Waals surface area contributed by atoms with Crippen LogP contribution in [-0.4, -0.2) is 26.1 Å². The minimum Gasteiger partial charge on any atom is -0.495 e. The van der Waals surface area contributed by atoms with Gasteiger partial charge >= 0.3 is 0 Å². The predicted octanol–water partition coefficient (Wildman–Crippen LogP) is 2.54. The maximum atomic E-state index is 11.4. The van der Waals surface area contributed by atoms with E-state index in [-0.39, 0.29) is 12.3 Å². The standard InChI is InChI=1S/C15H19N3O2/c1-20-14-11-12(17-15(19)7-8-16)5-6-13(14)18-9-3-2-4-10-18/h5-6,11H,2-4,7,9-10H2,1H3,(H,17,19). The van der Waals surface area contributed by atoms with Gasteiger partial charge in [0.1, 0.15) is 12.2 Å². The van der Waals surface area contributed by atoms with Crippen LogP contribution < -0.4 is 15.0 Å². The summed E-state index contributed by atoms with van der Waals surface area (Å²) in [5.74, 6) is 0.446. The Morgan fingerprint density at radius 3 is 2.80 bits per heavy atom. The molecule has 20 heavy (non-hydrogen) atoms. The summed E-state index contributed by atoms with van der Waals surface area (Å²) >= 11 is 0. The first kappa shape index (κ1) is 14.2. The molecule has 2 rings (SSSR count). The average molecular weight is 273 g/mol. The first-order valence-corrected chi connectivity index (χ1v) is 6.84. The van der Waals surface area contributed by atoms with Gasteiger partial charge in [-0.15, -0.1) is 0 Å². The molecule has 1 aliphatic heterocycles. The highest BCUT2D eigenvalue weighted by molar-refractivity contribution is 5.92. The third-order valence-corrected chi connectivity index (χ3v) is 3.40. The SMILES string of the molecule is COc1cc(NC(=O)CC#N)ccc1N1CCCCC1. The molecule has 5 nitrogen and oxygen atoms in total. The number of piperidine rings is 1. The molecule has 1 heterocycles. The number of hydrogen-bond donors (Lipinski definition) is 1. The molecule has 0 saturated carbocycles. The van der Waals surface area contributed by atoms with Gasteiger partial charge < -0.3 is 15.0 Å². The van der Waals surface area contributed by atoms with Crippen LogP contribution in [-0.2, 0) is 4.79 Å². The van der Waals surface area contributed by atoms with E-state index in [4.69, 9.17) is 10.00 Å². The fraction of sp³-hybridized carbons (Fsp3) is 0.467. The number of hydrogen-bond acceptors (Lipinski definition) is 4. The second-order valence-electron chi connectivity index (χ2n) is 4.82. The molecule has 1 fully saturated rings. The molecule has 0 atom stereocenters. The van der Waals surface area contributed by atoms with Crippen LogP contribution in [0.5, 0.6) is 5.75 Å². The Balaban J connectivity index is 2.15. The van der Waals surface area contributed by atoms with Gasteiger partial charge in [-0.05, 0) is 31.4 Å². The van der Waals surface area contributed by atoms with Crippen molar-refractivity contribution < 1.29 is 9.53 Å². The molecule has 0 aromatic heterocycles. The quantitative estimate of drug-likeness (QED) is 0.915. The average Bonchev–Trinajstić information content (AvgIpc) is 2.48. The van der Waals surface area contributed by atoms with Gasteiger partial charge in [0.25, 0.3) is 0 Å². The van der Waals surface area contributed by atoms with E-state index in [9.17, 15) is 4.79 Å². The van der Waals surface area contributed by atoms with Crippen molar-refractivity contribution in [1.29, 1.82) is 5.26 Å². The van der Waals surface area contributed by atoms with Crippen molar-refractivity contribution in [1.82, 2.24) is 0 Å². The van der Waals surface area contributed by atoms with E-state index in [0.717, 1.165) is 24.5 Å². The molecule has 0 spiro atoms. The van der Waals surface area contributed by atoms with E-state index in [1.165, 1.54) is 19.3 Å². The molecular formula is C15H19N3O2. The molecule has 1 amide bonds. The van der Waals surface area contributed by atoms with Crippen LogP contribution in [0.15, 0.2) is 18.2 Å². The van der Waals surface area contributed by atoms with Crippen LogP contribution in [0.25, 0.3) is 0 Å². The lowest BCUT2D eigenvalue weighted by Gasteiger charge is -2.30. The Morgan fingerprint density at radius 2 is 2.15 bits per heavy atom. The van der Waals surface area contributed by atoms with Crippen LogP contribution in [0.2, 0.25) is 0 Å². The van der Waals surface area contributed by atoms with Crippen LogP contribution in [0.1, 0.15) is 25.7 Å². The number of carbonyl (C=O) groups excluding carboxylic acids is 1. The summed E-state index contributed by atoms with van der Waals surface area (Å²) in [5.41, 5.74) is 1.72. The molecule has 1 saturated heterocycles. The van der Waals surface area contributed by atoms with E-state index in [1.807, 2.05) is 18.2 Å². The lowest BCUT2D eigenvalue weighted by molar-refractivity contribution is -0.115. The third-order valence-electron chi connectivity index (χ3n) is 3.40. The Hall–Kier alpha value is -2.22. The number of rotatable bonds is 4. The maximum absolute atomic E-state index is 11.4. The Bertz CT molecular complexity index is 516. The number of amides is 1. The van der Waals surface area contributed by atoms with E-state index >= 15 is 0 Å². The molecule has 106 valence electrons. The monoisotopic (exact) mass is 273 g/mol. The van der Waals surface area contributed by atoms with Gasteiger partial charge in [-0.3, -0.25) is 4.79 Å². The van der Waals surface area contributed by atoms with Crippen LogP contribution in [0.3, 0.4) is 0 Å². The highest BCUT2D eigenvalue weighted by Gasteiger charge is 2.15. The topological polar surface area (TPSA) is 65.4 Å². The van der Waals surface area contributed by atoms with Crippen molar-refractivity contribution in [2.45, 2.75) is 25.7 Å². The normalized spacial score (nSPS) is 14.5. The number of nitriles is 1. The van der Waals surface area contributed by atoms with Gasteiger partial charge in [0.15, 0.2) is 0 Å². The Labute approximate surface area is 119 Å². The molecule has 1 N–H and O–H groups in total. The summed E-state index contributed by atoms with van der Waals surface area (Å²) in [6.07, 6.45) is 3.53. The van der Waals surface area contributed by atoms with Gasteiger partial charge in [0.05, 0.1) is 18.9 Å². The predicted molar refractivity (Wildman–Crippen MR) is 77.9 cm³/mol. The summed E-state index contributed by atoms with van der Waals surface area (Å²) in [6.45, 7) is 2.08. The Morgan fingerprint density at radius 1 is 1.40 bits per heavy atom. The van der Waals surface area contributed by atoms with Crippen molar-refractivity contribution in [2.24, 2.45) is 0 Å². The van der Waals surface area contributed by atoms with Crippen molar-refractivity contribution in [3.63, 3.8) is 0 Å². The van der Waals surface area contributed by atoms with E-state index in [0.29, 0.717) is 5.69 Å². The van der Waals surface area contributed by atoms with Crippen LogP contribution in [0.4, 0.5) is 11.4 Å². The fourth-order valence-corrected chi connectivity index (χ4v) is 2.43. The molecule has 1 aromatic rings. The number of ether oxygens (including phenoxy) is 1. The second kappa shape index (κ2) is 6.80. The van der Waals surface area contributed by atoms with Crippen LogP contribution in [0, 0.1) is 11.3 Å². The number of nitrogens with one attached hydrogen (secondary N) is 1. The molecule has 1 aromatic carbocycles. The minimum absolute atomic E-state index is 0.143. The number of carbonyl (C=O) groups is 1. The molecule has 1 aliphatic rings.